The Bertz CT molecular complexity index is 775. The molecule has 112 valence electrons. The van der Waals surface area contributed by atoms with E-state index in [2.05, 4.69) is 28.5 Å². The molecule has 3 nitrogen and oxygen atoms in total. The maximum atomic E-state index is 10.4. The molecule has 0 radical (unpaired) electrons. The van der Waals surface area contributed by atoms with Crippen LogP contribution in [0.5, 0.6) is 5.75 Å². The zero-order valence-corrected chi connectivity index (χ0v) is 13.2. The van der Waals surface area contributed by atoms with E-state index >= 15 is 0 Å². The molecule has 0 amide bonds. The van der Waals surface area contributed by atoms with Crippen molar-refractivity contribution in [2.45, 2.75) is 17.2 Å². The van der Waals surface area contributed by atoms with Gasteiger partial charge in [0.05, 0.1) is 0 Å². The van der Waals surface area contributed by atoms with Crippen LogP contribution in [0.3, 0.4) is 0 Å². The molecule has 3 aromatic rings. The largest absolute Gasteiger partial charge is 0.505 e. The van der Waals surface area contributed by atoms with E-state index in [0.717, 1.165) is 16.7 Å². The summed E-state index contributed by atoms with van der Waals surface area (Å²) < 4.78 is 0. The van der Waals surface area contributed by atoms with E-state index < -0.39 is 0 Å². The van der Waals surface area contributed by atoms with Crippen LogP contribution in [0, 0.1) is 0 Å². The minimum atomic E-state index is 0.276. The topological polar surface area (TPSA) is 45.2 Å². The second-order valence-corrected chi connectivity index (χ2v) is 6.12. The molecule has 1 heterocycles. The van der Waals surface area contributed by atoms with Gasteiger partial charge in [-0.1, -0.05) is 24.3 Å². The predicted octanol–water partition coefficient (Wildman–Crippen LogP) is 3.95. The van der Waals surface area contributed by atoms with Gasteiger partial charge in [0.1, 0.15) is 11.3 Å². The summed E-state index contributed by atoms with van der Waals surface area (Å²) in [6.45, 7) is 0.626. The summed E-state index contributed by atoms with van der Waals surface area (Å²) in [6.07, 6.45) is 1.72. The normalized spacial score (nSPS) is 11.0. The van der Waals surface area contributed by atoms with E-state index in [1.165, 1.54) is 10.5 Å². The first-order valence-corrected chi connectivity index (χ1v) is 8.19. The number of benzene rings is 2. The zero-order valence-electron chi connectivity index (χ0n) is 12.4. The Labute approximate surface area is 134 Å². The number of pyridine rings is 1. The van der Waals surface area contributed by atoms with Gasteiger partial charge in [0.15, 0.2) is 0 Å². The number of nitrogens with zero attached hydrogens (tertiary/aromatic N) is 1. The molecule has 0 spiro atoms. The van der Waals surface area contributed by atoms with Crippen LogP contribution in [0.2, 0.25) is 0 Å². The molecule has 0 aliphatic rings. The number of nitrogens with one attached hydrogen (secondary N) is 1. The van der Waals surface area contributed by atoms with Gasteiger partial charge in [0.25, 0.3) is 0 Å². The minimum Gasteiger partial charge on any atom is -0.505 e. The lowest BCUT2D eigenvalue weighted by Crippen LogP contribution is -2.06. The van der Waals surface area contributed by atoms with Crippen molar-refractivity contribution in [2.75, 3.05) is 7.05 Å². The number of rotatable bonds is 5. The van der Waals surface area contributed by atoms with Crippen molar-refractivity contribution in [1.82, 2.24) is 10.3 Å². The third-order valence-electron chi connectivity index (χ3n) is 3.54. The first-order chi connectivity index (χ1) is 10.8. The number of phenolic OH excluding ortho intramolecular Hbond substituents is 1. The van der Waals surface area contributed by atoms with E-state index in [9.17, 15) is 5.11 Å². The third kappa shape index (κ3) is 3.08. The molecule has 2 N–H and O–H groups in total. The number of hydrogen-bond acceptors (Lipinski definition) is 4. The highest BCUT2D eigenvalue weighted by Gasteiger charge is 2.12. The fourth-order valence-electron chi connectivity index (χ4n) is 2.48. The van der Waals surface area contributed by atoms with Crippen molar-refractivity contribution >= 4 is 22.7 Å². The van der Waals surface area contributed by atoms with Crippen LogP contribution in [0.25, 0.3) is 10.9 Å². The molecule has 0 unspecified atom stereocenters. The van der Waals surface area contributed by atoms with E-state index in [-0.39, 0.29) is 5.75 Å². The number of hydrogen-bond donors (Lipinski definition) is 2. The summed E-state index contributed by atoms with van der Waals surface area (Å²) in [6, 6.07) is 16.3. The average Bonchev–Trinajstić information content (AvgIpc) is 2.57. The van der Waals surface area contributed by atoms with Crippen molar-refractivity contribution in [1.29, 1.82) is 0 Å². The Kier molecular flexibility index (Phi) is 4.61. The Morgan fingerprint density at radius 2 is 1.91 bits per heavy atom. The van der Waals surface area contributed by atoms with E-state index in [1.807, 2.05) is 37.4 Å². The van der Waals surface area contributed by atoms with Crippen LogP contribution < -0.4 is 5.32 Å². The van der Waals surface area contributed by atoms with Crippen molar-refractivity contribution in [3.63, 3.8) is 0 Å². The van der Waals surface area contributed by atoms with Crippen LogP contribution in [0.4, 0.5) is 0 Å². The fourth-order valence-corrected chi connectivity index (χ4v) is 3.39. The van der Waals surface area contributed by atoms with Gasteiger partial charge in [-0.05, 0) is 36.9 Å². The monoisotopic (exact) mass is 310 g/mol. The predicted molar refractivity (Wildman–Crippen MR) is 92.2 cm³/mol. The molecule has 0 saturated heterocycles. The summed E-state index contributed by atoms with van der Waals surface area (Å²) in [5.74, 6) is 1.13. The maximum absolute atomic E-state index is 10.4. The fraction of sp³-hybridized carbons (Fsp3) is 0.167. The van der Waals surface area contributed by atoms with Crippen LogP contribution in [0.1, 0.15) is 11.1 Å². The Morgan fingerprint density at radius 1 is 1.09 bits per heavy atom. The Balaban J connectivity index is 1.98. The first-order valence-electron chi connectivity index (χ1n) is 7.20. The molecule has 0 bridgehead atoms. The molecule has 2 aromatic carbocycles. The smallest absolute Gasteiger partial charge is 0.146 e. The molecule has 0 aliphatic heterocycles. The van der Waals surface area contributed by atoms with Crippen molar-refractivity contribution in [3.05, 3.63) is 65.9 Å². The molecule has 1 aromatic heterocycles. The lowest BCUT2D eigenvalue weighted by atomic mass is 10.0. The highest BCUT2D eigenvalue weighted by atomic mass is 32.2. The molecule has 22 heavy (non-hydrogen) atoms. The highest BCUT2D eigenvalue weighted by molar-refractivity contribution is 7.98. The van der Waals surface area contributed by atoms with Crippen LogP contribution >= 0.6 is 11.8 Å². The van der Waals surface area contributed by atoms with Gasteiger partial charge >= 0.3 is 0 Å². The van der Waals surface area contributed by atoms with Crippen LogP contribution in [0.15, 0.2) is 59.6 Å². The van der Waals surface area contributed by atoms with Crippen LogP contribution in [-0.4, -0.2) is 17.1 Å². The van der Waals surface area contributed by atoms with Gasteiger partial charge in [-0.2, -0.15) is 0 Å². The van der Waals surface area contributed by atoms with Gasteiger partial charge < -0.3 is 10.4 Å². The number of aromatic nitrogens is 1. The molecule has 0 saturated carbocycles. The van der Waals surface area contributed by atoms with Gasteiger partial charge in [0, 0.05) is 34.3 Å². The summed E-state index contributed by atoms with van der Waals surface area (Å²) in [7, 11) is 1.88. The lowest BCUT2D eigenvalue weighted by Gasteiger charge is -2.12. The lowest BCUT2D eigenvalue weighted by molar-refractivity contribution is 0.471. The van der Waals surface area contributed by atoms with E-state index in [4.69, 9.17) is 0 Å². The maximum Gasteiger partial charge on any atom is 0.146 e. The second kappa shape index (κ2) is 6.81. The SMILES string of the molecule is CNCc1cc(CSc2ccccc2)c2cccnc2c1O. The van der Waals surface area contributed by atoms with E-state index in [0.29, 0.717) is 12.1 Å². The third-order valence-corrected chi connectivity index (χ3v) is 4.60. The first kappa shape index (κ1) is 14.9. The minimum absolute atomic E-state index is 0.276. The quantitative estimate of drug-likeness (QED) is 0.700. The molecular weight excluding hydrogens is 292 g/mol. The van der Waals surface area contributed by atoms with Gasteiger partial charge in [-0.3, -0.25) is 4.98 Å². The van der Waals surface area contributed by atoms with E-state index in [1.54, 1.807) is 18.0 Å². The Morgan fingerprint density at radius 3 is 2.68 bits per heavy atom. The molecule has 3 rings (SSSR count). The van der Waals surface area contributed by atoms with Gasteiger partial charge in [-0.25, -0.2) is 0 Å². The summed E-state index contributed by atoms with van der Waals surface area (Å²) >= 11 is 1.79. The second-order valence-electron chi connectivity index (χ2n) is 5.08. The Hall–Kier alpha value is -2.04. The standard InChI is InChI=1S/C18H18N2OS/c1-19-11-13-10-14(12-22-15-6-3-2-4-7-15)16-8-5-9-20-17(16)18(13)21/h2-10,19,21H,11-12H2,1H3. The van der Waals surface area contributed by atoms with Crippen molar-refractivity contribution in [2.24, 2.45) is 0 Å². The molecular formula is C18H18N2OS. The van der Waals surface area contributed by atoms with Gasteiger partial charge in [-0.15, -0.1) is 11.8 Å². The summed E-state index contributed by atoms with van der Waals surface area (Å²) in [5.41, 5.74) is 2.76. The molecule has 0 atom stereocenters. The van der Waals surface area contributed by atoms with Crippen LogP contribution in [-0.2, 0) is 12.3 Å². The van der Waals surface area contributed by atoms with Gasteiger partial charge in [0.2, 0.25) is 0 Å². The summed E-state index contributed by atoms with van der Waals surface area (Å²) in [4.78, 5) is 5.59. The molecule has 0 aliphatic carbocycles. The summed E-state index contributed by atoms with van der Waals surface area (Å²) in [5, 5.41) is 14.5. The number of aromatic hydroxyl groups is 1. The zero-order chi connectivity index (χ0) is 15.4. The number of phenols is 1. The number of thioether (sulfide) groups is 1. The molecule has 4 heteroatoms. The van der Waals surface area contributed by atoms with Crippen molar-refractivity contribution in [3.8, 4) is 5.75 Å². The highest BCUT2D eigenvalue weighted by Crippen LogP contribution is 2.33. The number of fused-ring (bicyclic) bond motifs is 1. The van der Waals surface area contributed by atoms with Crippen molar-refractivity contribution < 1.29 is 5.11 Å². The average molecular weight is 310 g/mol. The molecule has 0 fully saturated rings.